The van der Waals surface area contributed by atoms with E-state index in [1.165, 1.54) is 11.6 Å². The summed E-state index contributed by atoms with van der Waals surface area (Å²) in [5.41, 5.74) is 1.23. The van der Waals surface area contributed by atoms with Crippen LogP contribution in [0.2, 0.25) is 0 Å². The molecule has 0 saturated carbocycles. The molecule has 102 valence electrons. The second kappa shape index (κ2) is 8.51. The maximum Gasteiger partial charge on any atom is 0.165 e. The summed E-state index contributed by atoms with van der Waals surface area (Å²) in [6.45, 7) is 1.93. The van der Waals surface area contributed by atoms with Gasteiger partial charge in [0.05, 0.1) is 0 Å². The van der Waals surface area contributed by atoms with Crippen molar-refractivity contribution in [3.05, 3.63) is 66.0 Å². The molecule has 0 amide bonds. The van der Waals surface area contributed by atoms with Gasteiger partial charge in [-0.25, -0.2) is 4.39 Å². The highest BCUT2D eigenvalue weighted by Gasteiger charge is 2.00. The second-order valence-electron chi connectivity index (χ2n) is 3.94. The number of para-hydroxylation sites is 1. The van der Waals surface area contributed by atoms with Crippen LogP contribution < -0.4 is 10.1 Å². The van der Waals surface area contributed by atoms with Gasteiger partial charge >= 0.3 is 0 Å². The van der Waals surface area contributed by atoms with E-state index in [-0.39, 0.29) is 18.2 Å². The van der Waals surface area contributed by atoms with Crippen molar-refractivity contribution in [2.75, 3.05) is 13.2 Å². The van der Waals surface area contributed by atoms with Gasteiger partial charge in [0.1, 0.15) is 6.61 Å². The van der Waals surface area contributed by atoms with E-state index in [1.807, 2.05) is 18.2 Å². The highest BCUT2D eigenvalue weighted by molar-refractivity contribution is 5.85. The first-order valence-corrected chi connectivity index (χ1v) is 5.98. The maximum absolute atomic E-state index is 13.2. The molecular formula is C15H17ClFNO. The Balaban J connectivity index is 0.00000180. The quantitative estimate of drug-likeness (QED) is 0.819. The van der Waals surface area contributed by atoms with Gasteiger partial charge < -0.3 is 10.1 Å². The average molecular weight is 282 g/mol. The Bertz CT molecular complexity index is 479. The van der Waals surface area contributed by atoms with E-state index in [0.29, 0.717) is 18.9 Å². The lowest BCUT2D eigenvalue weighted by atomic mass is 10.2. The molecule has 19 heavy (non-hydrogen) atoms. The van der Waals surface area contributed by atoms with E-state index < -0.39 is 0 Å². The summed E-state index contributed by atoms with van der Waals surface area (Å²) >= 11 is 0. The predicted molar refractivity (Wildman–Crippen MR) is 77.3 cm³/mol. The van der Waals surface area contributed by atoms with E-state index >= 15 is 0 Å². The van der Waals surface area contributed by atoms with Crippen LogP contribution in [-0.2, 0) is 6.54 Å². The zero-order valence-electron chi connectivity index (χ0n) is 10.5. The standard InChI is InChI=1S/C15H16FNO.ClH/c16-14-8-4-5-9-15(14)18-11-10-17-12-13-6-2-1-3-7-13;/h1-9,17H,10-12H2;1H. The lowest BCUT2D eigenvalue weighted by molar-refractivity contribution is 0.298. The van der Waals surface area contributed by atoms with Crippen molar-refractivity contribution in [2.45, 2.75) is 6.54 Å². The third-order valence-electron chi connectivity index (χ3n) is 2.55. The van der Waals surface area contributed by atoms with Crippen molar-refractivity contribution in [1.82, 2.24) is 5.32 Å². The molecule has 0 aromatic heterocycles. The van der Waals surface area contributed by atoms with Crippen molar-refractivity contribution in [3.63, 3.8) is 0 Å². The second-order valence-corrected chi connectivity index (χ2v) is 3.94. The van der Waals surface area contributed by atoms with Crippen LogP contribution in [0.5, 0.6) is 5.75 Å². The molecule has 2 rings (SSSR count). The van der Waals surface area contributed by atoms with Gasteiger partial charge in [0, 0.05) is 13.1 Å². The van der Waals surface area contributed by atoms with Crippen molar-refractivity contribution in [2.24, 2.45) is 0 Å². The number of benzene rings is 2. The van der Waals surface area contributed by atoms with Gasteiger partial charge in [-0.3, -0.25) is 0 Å². The predicted octanol–water partition coefficient (Wildman–Crippen LogP) is 3.42. The number of hydrogen-bond acceptors (Lipinski definition) is 2. The Morgan fingerprint density at radius 2 is 1.63 bits per heavy atom. The molecule has 0 radical (unpaired) electrons. The summed E-state index contributed by atoms with van der Waals surface area (Å²) in [6, 6.07) is 16.6. The summed E-state index contributed by atoms with van der Waals surface area (Å²) in [5.74, 6) is -0.0143. The normalized spacial score (nSPS) is 9.74. The highest BCUT2D eigenvalue weighted by atomic mass is 35.5. The van der Waals surface area contributed by atoms with Crippen LogP contribution in [0.25, 0.3) is 0 Å². The third kappa shape index (κ3) is 5.28. The molecule has 0 unspecified atom stereocenters. The summed E-state index contributed by atoms with van der Waals surface area (Å²) < 4.78 is 18.6. The Hall–Kier alpha value is -1.58. The molecule has 0 saturated heterocycles. The van der Waals surface area contributed by atoms with Gasteiger partial charge in [-0.15, -0.1) is 12.4 Å². The lowest BCUT2D eigenvalue weighted by Crippen LogP contribution is -2.20. The van der Waals surface area contributed by atoms with Crippen LogP contribution >= 0.6 is 12.4 Å². The minimum atomic E-state index is -0.319. The van der Waals surface area contributed by atoms with E-state index in [0.717, 1.165) is 6.54 Å². The zero-order chi connectivity index (χ0) is 12.6. The summed E-state index contributed by atoms with van der Waals surface area (Å²) in [6.07, 6.45) is 0. The summed E-state index contributed by atoms with van der Waals surface area (Å²) in [5, 5.41) is 3.24. The molecule has 0 aliphatic carbocycles. The number of hydrogen-bond donors (Lipinski definition) is 1. The van der Waals surface area contributed by atoms with Crippen LogP contribution in [0.1, 0.15) is 5.56 Å². The number of nitrogens with one attached hydrogen (secondary N) is 1. The smallest absolute Gasteiger partial charge is 0.165 e. The minimum Gasteiger partial charge on any atom is -0.489 e. The first kappa shape index (κ1) is 15.5. The fraction of sp³-hybridized carbons (Fsp3) is 0.200. The monoisotopic (exact) mass is 281 g/mol. The molecule has 1 N–H and O–H groups in total. The molecule has 2 nitrogen and oxygen atoms in total. The van der Waals surface area contributed by atoms with Crippen LogP contribution in [0.15, 0.2) is 54.6 Å². The number of halogens is 2. The third-order valence-corrected chi connectivity index (χ3v) is 2.55. The Morgan fingerprint density at radius 3 is 2.37 bits per heavy atom. The molecule has 0 fully saturated rings. The first-order valence-electron chi connectivity index (χ1n) is 5.98. The Morgan fingerprint density at radius 1 is 0.947 bits per heavy atom. The average Bonchev–Trinajstić information content (AvgIpc) is 2.42. The fourth-order valence-electron chi connectivity index (χ4n) is 1.62. The maximum atomic E-state index is 13.2. The Kier molecular flexibility index (Phi) is 6.93. The molecule has 2 aromatic carbocycles. The molecule has 0 aliphatic heterocycles. The minimum absolute atomic E-state index is 0. The van der Waals surface area contributed by atoms with E-state index in [1.54, 1.807) is 18.2 Å². The Labute approximate surface area is 119 Å². The number of ether oxygens (including phenoxy) is 1. The fourth-order valence-corrected chi connectivity index (χ4v) is 1.62. The molecular weight excluding hydrogens is 265 g/mol. The van der Waals surface area contributed by atoms with Crippen molar-refractivity contribution < 1.29 is 9.13 Å². The molecule has 4 heteroatoms. The molecule has 0 atom stereocenters. The van der Waals surface area contributed by atoms with Gasteiger partial charge in [-0.1, -0.05) is 42.5 Å². The molecule has 0 bridgehead atoms. The van der Waals surface area contributed by atoms with Crippen LogP contribution in [-0.4, -0.2) is 13.2 Å². The van der Waals surface area contributed by atoms with Crippen molar-refractivity contribution in [3.8, 4) is 5.75 Å². The van der Waals surface area contributed by atoms with E-state index in [4.69, 9.17) is 4.74 Å². The summed E-state index contributed by atoms with van der Waals surface area (Å²) in [7, 11) is 0. The SMILES string of the molecule is Cl.Fc1ccccc1OCCNCc1ccccc1. The van der Waals surface area contributed by atoms with Crippen LogP contribution in [0.4, 0.5) is 4.39 Å². The molecule has 0 aliphatic rings. The number of rotatable bonds is 6. The molecule has 2 aromatic rings. The van der Waals surface area contributed by atoms with Crippen molar-refractivity contribution in [1.29, 1.82) is 0 Å². The van der Waals surface area contributed by atoms with Crippen LogP contribution in [0, 0.1) is 5.82 Å². The van der Waals surface area contributed by atoms with Crippen molar-refractivity contribution >= 4 is 12.4 Å². The first-order chi connectivity index (χ1) is 8.86. The van der Waals surface area contributed by atoms with Gasteiger partial charge in [0.2, 0.25) is 0 Å². The molecule has 0 spiro atoms. The van der Waals surface area contributed by atoms with Gasteiger partial charge in [-0.05, 0) is 17.7 Å². The van der Waals surface area contributed by atoms with E-state index in [2.05, 4.69) is 17.4 Å². The largest absolute Gasteiger partial charge is 0.489 e. The summed E-state index contributed by atoms with van der Waals surface area (Å²) in [4.78, 5) is 0. The molecule has 0 heterocycles. The lowest BCUT2D eigenvalue weighted by Gasteiger charge is -2.08. The topological polar surface area (TPSA) is 21.3 Å². The van der Waals surface area contributed by atoms with E-state index in [9.17, 15) is 4.39 Å². The van der Waals surface area contributed by atoms with Crippen LogP contribution in [0.3, 0.4) is 0 Å². The highest BCUT2D eigenvalue weighted by Crippen LogP contribution is 2.14. The van der Waals surface area contributed by atoms with Gasteiger partial charge in [-0.2, -0.15) is 0 Å². The van der Waals surface area contributed by atoms with Gasteiger partial charge in [0.15, 0.2) is 11.6 Å². The van der Waals surface area contributed by atoms with Gasteiger partial charge in [0.25, 0.3) is 0 Å². The zero-order valence-corrected chi connectivity index (χ0v) is 11.3.